The van der Waals surface area contributed by atoms with Crippen molar-refractivity contribution in [2.24, 2.45) is 0 Å². The van der Waals surface area contributed by atoms with Crippen LogP contribution in [0.15, 0.2) is 65.7 Å². The minimum atomic E-state index is -3.50. The number of ether oxygens (including phenoxy) is 2. The number of amides is 1. The van der Waals surface area contributed by atoms with Crippen LogP contribution in [0.25, 0.3) is 10.9 Å². The number of anilines is 2. The number of nitrogens with one attached hydrogen (secondary N) is 1. The summed E-state index contributed by atoms with van der Waals surface area (Å²) in [5.74, 6) is 1.30. The number of fused-ring (bicyclic) bond motifs is 3. The van der Waals surface area contributed by atoms with E-state index < -0.39 is 9.84 Å². The monoisotopic (exact) mass is 570 g/mol. The average molecular weight is 571 g/mol. The summed E-state index contributed by atoms with van der Waals surface area (Å²) < 4.78 is 36.6. The van der Waals surface area contributed by atoms with Crippen LogP contribution in [0.2, 0.25) is 0 Å². The van der Waals surface area contributed by atoms with E-state index in [1.807, 2.05) is 18.2 Å². The van der Waals surface area contributed by atoms with Crippen molar-refractivity contribution >= 4 is 38.2 Å². The van der Waals surface area contributed by atoms with Crippen molar-refractivity contribution < 1.29 is 22.7 Å². The Morgan fingerprint density at radius 3 is 2.83 bits per heavy atom. The molecule has 1 saturated carbocycles. The molecule has 10 heteroatoms. The number of pyridine rings is 2. The summed E-state index contributed by atoms with van der Waals surface area (Å²) in [6, 6.07) is 17.0. The second-order valence-corrected chi connectivity index (χ2v) is 12.9. The number of hydrogen-bond acceptors (Lipinski definition) is 8. The summed E-state index contributed by atoms with van der Waals surface area (Å²) in [6.07, 6.45) is 6.41. The number of sulfone groups is 1. The lowest BCUT2D eigenvalue weighted by atomic mass is 10.0. The molecule has 2 aliphatic heterocycles. The fourth-order valence-corrected chi connectivity index (χ4v) is 6.77. The van der Waals surface area contributed by atoms with E-state index in [-0.39, 0.29) is 41.9 Å². The molecule has 0 atom stereocenters. The molecule has 0 unspecified atom stereocenters. The Labute approximate surface area is 238 Å². The lowest BCUT2D eigenvalue weighted by molar-refractivity contribution is 0.0950. The largest absolute Gasteiger partial charge is 0.490 e. The van der Waals surface area contributed by atoms with Gasteiger partial charge in [0.2, 0.25) is 0 Å². The highest BCUT2D eigenvalue weighted by molar-refractivity contribution is 7.91. The average Bonchev–Trinajstić information content (AvgIpc) is 3.82. The van der Waals surface area contributed by atoms with E-state index >= 15 is 0 Å². The van der Waals surface area contributed by atoms with Gasteiger partial charge in [0.05, 0.1) is 47.7 Å². The van der Waals surface area contributed by atoms with E-state index in [0.717, 1.165) is 60.4 Å². The van der Waals surface area contributed by atoms with Gasteiger partial charge in [0.15, 0.2) is 9.84 Å². The highest BCUT2D eigenvalue weighted by Crippen LogP contribution is 2.37. The lowest BCUT2D eigenvalue weighted by Gasteiger charge is -2.31. The summed E-state index contributed by atoms with van der Waals surface area (Å²) in [5.41, 5.74) is 4.72. The van der Waals surface area contributed by atoms with Gasteiger partial charge in [0.1, 0.15) is 11.6 Å². The smallest absolute Gasteiger partial charge is 0.251 e. The highest BCUT2D eigenvalue weighted by Gasteiger charge is 2.26. The van der Waals surface area contributed by atoms with Gasteiger partial charge in [-0.15, -0.1) is 0 Å². The highest BCUT2D eigenvalue weighted by atomic mass is 32.2. The van der Waals surface area contributed by atoms with Gasteiger partial charge < -0.3 is 19.7 Å². The number of nitrogens with zero attached hydrogens (tertiary/aromatic N) is 3. The number of carbonyl (C=O) groups excluding carboxylic acids is 1. The third kappa shape index (κ3) is 5.37. The molecule has 1 fully saturated rings. The molecule has 41 heavy (non-hydrogen) atoms. The molecule has 1 aliphatic carbocycles. The molecule has 7 rings (SSSR count). The zero-order valence-electron chi connectivity index (χ0n) is 22.5. The first-order valence-corrected chi connectivity index (χ1v) is 15.6. The maximum absolute atomic E-state index is 12.9. The van der Waals surface area contributed by atoms with Crippen molar-refractivity contribution in [3.63, 3.8) is 0 Å². The van der Waals surface area contributed by atoms with E-state index in [4.69, 9.17) is 14.5 Å². The summed E-state index contributed by atoms with van der Waals surface area (Å²) in [4.78, 5) is 24.8. The fourth-order valence-electron chi connectivity index (χ4n) is 5.38. The van der Waals surface area contributed by atoms with E-state index in [0.29, 0.717) is 17.4 Å². The molecule has 2 aromatic carbocycles. The molecule has 0 spiro atoms. The minimum absolute atomic E-state index is 0.0977. The maximum atomic E-state index is 12.9. The zero-order valence-corrected chi connectivity index (χ0v) is 23.3. The molecular formula is C31H30N4O5S. The first kappa shape index (κ1) is 25.9. The molecule has 0 radical (unpaired) electrons. The van der Waals surface area contributed by atoms with Crippen LogP contribution in [0.3, 0.4) is 0 Å². The van der Waals surface area contributed by atoms with E-state index in [2.05, 4.69) is 33.4 Å². The molecule has 9 nitrogen and oxygen atoms in total. The van der Waals surface area contributed by atoms with Gasteiger partial charge >= 0.3 is 0 Å². The van der Waals surface area contributed by atoms with Crippen molar-refractivity contribution in [2.45, 2.75) is 49.8 Å². The Morgan fingerprint density at radius 1 is 1.07 bits per heavy atom. The Morgan fingerprint density at radius 2 is 1.95 bits per heavy atom. The van der Waals surface area contributed by atoms with Crippen LogP contribution in [0.1, 0.15) is 46.4 Å². The summed E-state index contributed by atoms with van der Waals surface area (Å²) in [6.45, 7) is 1.41. The first-order chi connectivity index (χ1) is 19.9. The number of carbonyl (C=O) groups is 1. The molecule has 210 valence electrons. The number of aromatic nitrogens is 2. The van der Waals surface area contributed by atoms with E-state index in [1.54, 1.807) is 18.3 Å². The molecule has 2 aromatic heterocycles. The van der Waals surface area contributed by atoms with Gasteiger partial charge in [0, 0.05) is 35.4 Å². The normalized spacial score (nSPS) is 17.8. The van der Waals surface area contributed by atoms with Crippen molar-refractivity contribution in [1.29, 1.82) is 0 Å². The van der Waals surface area contributed by atoms with Gasteiger partial charge in [-0.25, -0.2) is 13.4 Å². The van der Waals surface area contributed by atoms with Crippen LogP contribution in [0.5, 0.6) is 5.75 Å². The third-order valence-corrected chi connectivity index (χ3v) is 9.50. The summed E-state index contributed by atoms with van der Waals surface area (Å²) >= 11 is 0. The van der Waals surface area contributed by atoms with Crippen LogP contribution in [-0.2, 0) is 34.1 Å². The van der Waals surface area contributed by atoms with Crippen LogP contribution >= 0.6 is 0 Å². The Hall–Kier alpha value is -4.02. The standard InChI is InChI=1S/C31H30N4O5S/c36-31(21-3-4-23-19-39-12-13-41(37,38)29(23)14-21)33-18-24-15-27-22(17-32-24)6-10-30(34-27)35-11-1-2-20-5-7-26(16-28(20)35)40-25-8-9-25/h3-7,10,14-17,25H,1-2,8-9,11-13,18-19H2,(H,33,36). The summed E-state index contributed by atoms with van der Waals surface area (Å²) in [7, 11) is -3.50. The quantitative estimate of drug-likeness (QED) is 0.361. The van der Waals surface area contributed by atoms with E-state index in [9.17, 15) is 13.2 Å². The third-order valence-electron chi connectivity index (χ3n) is 7.74. The van der Waals surface area contributed by atoms with Gasteiger partial charge in [-0.1, -0.05) is 12.1 Å². The zero-order chi connectivity index (χ0) is 28.0. The molecule has 1 N–H and O–H groups in total. The SMILES string of the molecule is O=C(NCc1cc2nc(N3CCCc4ccc(OC5CC5)cc43)ccc2cn1)c1ccc2c(c1)S(=O)(=O)CCOC2. The molecule has 4 aromatic rings. The van der Waals surface area contributed by atoms with Gasteiger partial charge in [-0.3, -0.25) is 9.78 Å². The molecule has 0 bridgehead atoms. The topological polar surface area (TPSA) is 111 Å². The number of aryl methyl sites for hydroxylation is 1. The van der Waals surface area contributed by atoms with E-state index in [1.165, 1.54) is 11.6 Å². The first-order valence-electron chi connectivity index (χ1n) is 14.0. The number of hydrogen-bond donors (Lipinski definition) is 1. The van der Waals surface area contributed by atoms with Crippen LogP contribution < -0.4 is 15.0 Å². The molecule has 0 saturated heterocycles. The molecular weight excluding hydrogens is 540 g/mol. The van der Waals surface area contributed by atoms with Crippen molar-refractivity contribution in [3.8, 4) is 5.75 Å². The fraction of sp³-hybridized carbons (Fsp3) is 0.323. The van der Waals surface area contributed by atoms with Crippen LogP contribution in [0.4, 0.5) is 11.5 Å². The molecule has 4 heterocycles. The predicted octanol–water partition coefficient (Wildman–Crippen LogP) is 4.49. The Bertz CT molecular complexity index is 1770. The Kier molecular flexibility index (Phi) is 6.59. The minimum Gasteiger partial charge on any atom is -0.490 e. The number of benzene rings is 2. The number of rotatable bonds is 6. The van der Waals surface area contributed by atoms with Gasteiger partial charge in [-0.05, 0) is 73.2 Å². The molecule has 3 aliphatic rings. The van der Waals surface area contributed by atoms with Crippen molar-refractivity contribution in [1.82, 2.24) is 15.3 Å². The maximum Gasteiger partial charge on any atom is 0.251 e. The lowest BCUT2D eigenvalue weighted by Crippen LogP contribution is -2.25. The van der Waals surface area contributed by atoms with Gasteiger partial charge in [0.25, 0.3) is 5.91 Å². The van der Waals surface area contributed by atoms with Crippen LogP contribution in [0, 0.1) is 0 Å². The second kappa shape index (κ2) is 10.4. The summed E-state index contributed by atoms with van der Waals surface area (Å²) in [5, 5.41) is 3.78. The Balaban J connectivity index is 1.10. The van der Waals surface area contributed by atoms with Gasteiger partial charge in [-0.2, -0.15) is 0 Å². The predicted molar refractivity (Wildman–Crippen MR) is 154 cm³/mol. The second-order valence-electron chi connectivity index (χ2n) is 10.8. The van der Waals surface area contributed by atoms with Crippen LogP contribution in [-0.4, -0.2) is 49.3 Å². The molecule has 1 amide bonds. The van der Waals surface area contributed by atoms with Crippen molar-refractivity contribution in [3.05, 3.63) is 83.2 Å². The van der Waals surface area contributed by atoms with Crippen molar-refractivity contribution in [2.75, 3.05) is 23.8 Å².